The van der Waals surface area contributed by atoms with Gasteiger partial charge in [-0.25, -0.2) is 0 Å². The highest BCUT2D eigenvalue weighted by Crippen LogP contribution is 1.86. The zero-order valence-electron chi connectivity index (χ0n) is 5.11. The molecule has 3 nitrogen and oxygen atoms in total. The SMILES string of the molecule is CCNC(=O)CC(=O)Cl. The molecule has 0 bridgehead atoms. The molecule has 52 valence electrons. The summed E-state index contributed by atoms with van der Waals surface area (Å²) < 4.78 is 0. The number of carbonyl (C=O) groups excluding carboxylic acids is 2. The van der Waals surface area contributed by atoms with Gasteiger partial charge in [-0.1, -0.05) is 0 Å². The average Bonchev–Trinajstić information content (AvgIpc) is 1.63. The summed E-state index contributed by atoms with van der Waals surface area (Å²) in [6.45, 7) is 2.31. The Hall–Kier alpha value is -0.570. The molecule has 0 aliphatic heterocycles. The molecule has 1 N–H and O–H groups in total. The molecule has 0 radical (unpaired) electrons. The fraction of sp³-hybridized carbons (Fsp3) is 0.600. The molecule has 0 heterocycles. The lowest BCUT2D eigenvalue weighted by Gasteiger charge is -1.95. The molecule has 0 aliphatic rings. The zero-order chi connectivity index (χ0) is 7.28. The lowest BCUT2D eigenvalue weighted by Crippen LogP contribution is -2.23. The van der Waals surface area contributed by atoms with Crippen molar-refractivity contribution in [2.45, 2.75) is 13.3 Å². The van der Waals surface area contributed by atoms with Crippen LogP contribution in [-0.4, -0.2) is 17.7 Å². The molecule has 0 rings (SSSR count). The molecule has 0 saturated heterocycles. The summed E-state index contributed by atoms with van der Waals surface area (Å²) in [4.78, 5) is 20.5. The number of hydrogen-bond donors (Lipinski definition) is 1. The van der Waals surface area contributed by atoms with E-state index < -0.39 is 5.24 Å². The zero-order valence-corrected chi connectivity index (χ0v) is 5.86. The van der Waals surface area contributed by atoms with Crippen LogP contribution in [0.15, 0.2) is 0 Å². The monoisotopic (exact) mass is 149 g/mol. The second kappa shape index (κ2) is 4.32. The first-order chi connectivity index (χ1) is 4.16. The Kier molecular flexibility index (Phi) is 4.05. The minimum Gasteiger partial charge on any atom is -0.356 e. The molecule has 4 heteroatoms. The predicted molar refractivity (Wildman–Crippen MR) is 34.2 cm³/mol. The topological polar surface area (TPSA) is 46.2 Å². The van der Waals surface area contributed by atoms with Crippen molar-refractivity contribution in [2.24, 2.45) is 0 Å². The fourth-order valence-corrected chi connectivity index (χ4v) is 0.507. The third-order valence-electron chi connectivity index (χ3n) is 0.673. The van der Waals surface area contributed by atoms with Crippen LogP contribution in [0.25, 0.3) is 0 Å². The Labute approximate surface area is 58.4 Å². The summed E-state index contributed by atoms with van der Waals surface area (Å²) in [5.41, 5.74) is 0. The van der Waals surface area contributed by atoms with Crippen LogP contribution in [0.5, 0.6) is 0 Å². The number of amides is 1. The van der Waals surface area contributed by atoms with Crippen molar-refractivity contribution >= 4 is 22.8 Å². The molecule has 0 spiro atoms. The second-order valence-corrected chi connectivity index (χ2v) is 1.91. The molecule has 1 amide bonds. The van der Waals surface area contributed by atoms with Gasteiger partial charge in [0.1, 0.15) is 6.42 Å². The van der Waals surface area contributed by atoms with Crippen molar-refractivity contribution in [2.75, 3.05) is 6.54 Å². The summed E-state index contributed by atoms with van der Waals surface area (Å²) in [7, 11) is 0. The van der Waals surface area contributed by atoms with E-state index in [9.17, 15) is 9.59 Å². The molecule has 0 unspecified atom stereocenters. The molecule has 0 saturated carbocycles. The fourth-order valence-electron chi connectivity index (χ4n) is 0.386. The van der Waals surface area contributed by atoms with E-state index in [2.05, 4.69) is 5.32 Å². The maximum absolute atomic E-state index is 10.4. The quantitative estimate of drug-likeness (QED) is 0.463. The van der Waals surface area contributed by atoms with E-state index in [0.717, 1.165) is 0 Å². The number of rotatable bonds is 3. The van der Waals surface area contributed by atoms with Crippen molar-refractivity contribution in [3.05, 3.63) is 0 Å². The van der Waals surface area contributed by atoms with Gasteiger partial charge >= 0.3 is 0 Å². The van der Waals surface area contributed by atoms with Crippen LogP contribution >= 0.6 is 11.6 Å². The van der Waals surface area contributed by atoms with Gasteiger partial charge in [0.2, 0.25) is 11.1 Å². The average molecular weight is 150 g/mol. The first-order valence-electron chi connectivity index (χ1n) is 2.61. The van der Waals surface area contributed by atoms with Gasteiger partial charge in [0.25, 0.3) is 0 Å². The minimum absolute atomic E-state index is 0.227. The highest BCUT2D eigenvalue weighted by atomic mass is 35.5. The summed E-state index contributed by atoms with van der Waals surface area (Å²) in [6.07, 6.45) is -0.227. The van der Waals surface area contributed by atoms with Gasteiger partial charge in [0.05, 0.1) is 0 Å². The van der Waals surface area contributed by atoms with Crippen LogP contribution in [0.3, 0.4) is 0 Å². The molecule has 0 aromatic heterocycles. The summed E-state index contributed by atoms with van der Waals surface area (Å²) in [6, 6.07) is 0. The van der Waals surface area contributed by atoms with E-state index in [1.54, 1.807) is 6.92 Å². The molecule has 9 heavy (non-hydrogen) atoms. The molecular formula is C5H8ClNO2. The minimum atomic E-state index is -0.624. The predicted octanol–water partition coefficient (Wildman–Crippen LogP) is 0.278. The summed E-state index contributed by atoms with van der Waals surface area (Å²) in [5.74, 6) is -0.322. The lowest BCUT2D eigenvalue weighted by molar-refractivity contribution is -0.124. The number of carbonyl (C=O) groups is 2. The van der Waals surface area contributed by atoms with Crippen LogP contribution in [-0.2, 0) is 9.59 Å². The van der Waals surface area contributed by atoms with Crippen molar-refractivity contribution in [1.29, 1.82) is 0 Å². The van der Waals surface area contributed by atoms with E-state index in [4.69, 9.17) is 11.6 Å². The lowest BCUT2D eigenvalue weighted by atomic mass is 10.4. The third kappa shape index (κ3) is 5.30. The number of halogens is 1. The maximum atomic E-state index is 10.4. The second-order valence-electron chi connectivity index (χ2n) is 1.49. The largest absolute Gasteiger partial charge is 0.356 e. The van der Waals surface area contributed by atoms with Crippen LogP contribution in [0.4, 0.5) is 0 Å². The van der Waals surface area contributed by atoms with Crippen molar-refractivity contribution < 1.29 is 9.59 Å². The van der Waals surface area contributed by atoms with Crippen LogP contribution in [0.1, 0.15) is 13.3 Å². The van der Waals surface area contributed by atoms with E-state index >= 15 is 0 Å². The van der Waals surface area contributed by atoms with E-state index in [1.165, 1.54) is 0 Å². The molecule has 0 fully saturated rings. The van der Waals surface area contributed by atoms with Crippen LogP contribution < -0.4 is 5.32 Å². The van der Waals surface area contributed by atoms with E-state index in [1.807, 2.05) is 0 Å². The van der Waals surface area contributed by atoms with Gasteiger partial charge in [-0.3, -0.25) is 9.59 Å². The van der Waals surface area contributed by atoms with Gasteiger partial charge in [-0.05, 0) is 18.5 Å². The van der Waals surface area contributed by atoms with Gasteiger partial charge in [-0.15, -0.1) is 0 Å². The standard InChI is InChI=1S/C5H8ClNO2/c1-2-7-5(9)3-4(6)8/h2-3H2,1H3,(H,7,9). The Balaban J connectivity index is 3.39. The first-order valence-corrected chi connectivity index (χ1v) is 2.99. The first kappa shape index (κ1) is 8.43. The Morgan fingerprint density at radius 1 is 1.56 bits per heavy atom. The van der Waals surface area contributed by atoms with Gasteiger partial charge in [0, 0.05) is 6.54 Å². The molecular weight excluding hydrogens is 142 g/mol. The summed E-state index contributed by atoms with van der Waals surface area (Å²) in [5, 5.41) is 1.81. The van der Waals surface area contributed by atoms with Crippen molar-refractivity contribution in [1.82, 2.24) is 5.32 Å². The van der Waals surface area contributed by atoms with Gasteiger partial charge in [0.15, 0.2) is 0 Å². The molecule has 0 aliphatic carbocycles. The number of hydrogen-bond acceptors (Lipinski definition) is 2. The molecule has 0 aromatic rings. The Bertz CT molecular complexity index is 124. The maximum Gasteiger partial charge on any atom is 0.231 e. The van der Waals surface area contributed by atoms with Crippen LogP contribution in [0, 0.1) is 0 Å². The highest BCUT2D eigenvalue weighted by molar-refractivity contribution is 6.64. The van der Waals surface area contributed by atoms with Crippen molar-refractivity contribution in [3.8, 4) is 0 Å². The van der Waals surface area contributed by atoms with Crippen LogP contribution in [0.2, 0.25) is 0 Å². The summed E-state index contributed by atoms with van der Waals surface area (Å²) >= 11 is 4.91. The van der Waals surface area contributed by atoms with Gasteiger partial charge in [-0.2, -0.15) is 0 Å². The van der Waals surface area contributed by atoms with Crippen molar-refractivity contribution in [3.63, 3.8) is 0 Å². The number of nitrogens with one attached hydrogen (secondary N) is 1. The third-order valence-corrected chi connectivity index (χ3v) is 0.807. The molecule has 0 atom stereocenters. The van der Waals surface area contributed by atoms with E-state index in [0.29, 0.717) is 6.54 Å². The molecule has 0 aromatic carbocycles. The Morgan fingerprint density at radius 2 is 2.11 bits per heavy atom. The van der Waals surface area contributed by atoms with Gasteiger partial charge < -0.3 is 5.32 Å². The van der Waals surface area contributed by atoms with E-state index in [-0.39, 0.29) is 12.3 Å². The Morgan fingerprint density at radius 3 is 2.44 bits per heavy atom. The highest BCUT2D eigenvalue weighted by Gasteiger charge is 2.03. The smallest absolute Gasteiger partial charge is 0.231 e. The normalized spacial score (nSPS) is 8.67.